The van der Waals surface area contributed by atoms with Crippen molar-refractivity contribution in [3.05, 3.63) is 57.2 Å². The molecule has 0 aliphatic rings. The summed E-state index contributed by atoms with van der Waals surface area (Å²) in [5.41, 5.74) is 1.74. The van der Waals surface area contributed by atoms with E-state index in [1.807, 2.05) is 18.2 Å². The van der Waals surface area contributed by atoms with Gasteiger partial charge in [-0.3, -0.25) is 4.79 Å². The summed E-state index contributed by atoms with van der Waals surface area (Å²) in [6.07, 6.45) is 1.55. The van der Waals surface area contributed by atoms with Crippen molar-refractivity contribution in [3.63, 3.8) is 0 Å². The number of aromatic amines is 1. The summed E-state index contributed by atoms with van der Waals surface area (Å²) in [5.74, 6) is 1.34. The van der Waals surface area contributed by atoms with Gasteiger partial charge >= 0.3 is 0 Å². The molecule has 0 amide bonds. The van der Waals surface area contributed by atoms with Gasteiger partial charge in [0.1, 0.15) is 22.8 Å². The third-order valence-corrected chi connectivity index (χ3v) is 5.17. The van der Waals surface area contributed by atoms with Crippen molar-refractivity contribution in [3.8, 4) is 0 Å². The Balaban J connectivity index is 1.70. The Morgan fingerprint density at radius 3 is 2.92 bits per heavy atom. The molecule has 0 saturated carbocycles. The lowest BCUT2D eigenvalue weighted by Crippen LogP contribution is -2.14. The molecule has 0 atom stereocenters. The molecule has 0 spiro atoms. The number of hydrogen-bond acceptors (Lipinski definition) is 6. The summed E-state index contributed by atoms with van der Waals surface area (Å²) in [4.78, 5) is 30.3. The third kappa shape index (κ3) is 2.43. The molecule has 0 aliphatic carbocycles. The molecule has 6 nitrogen and oxygen atoms in total. The highest BCUT2D eigenvalue weighted by atomic mass is 32.1. The van der Waals surface area contributed by atoms with Crippen molar-refractivity contribution >= 4 is 38.3 Å². The number of para-hydroxylation sites is 1. The number of thiophene rings is 1. The molecule has 3 heterocycles. The molecule has 0 unspecified atom stereocenters. The molecule has 7 heteroatoms. The molecule has 0 fully saturated rings. The first kappa shape index (κ1) is 14.8. The van der Waals surface area contributed by atoms with Crippen LogP contribution in [0.4, 0.5) is 5.82 Å². The minimum atomic E-state index is -0.132. The fourth-order valence-corrected chi connectivity index (χ4v) is 3.70. The van der Waals surface area contributed by atoms with Crippen molar-refractivity contribution in [2.45, 2.75) is 20.4 Å². The summed E-state index contributed by atoms with van der Waals surface area (Å²) in [6.45, 7) is 4.53. The minimum Gasteiger partial charge on any atom is -0.362 e. The number of hydrogen-bond donors (Lipinski definition) is 2. The maximum atomic E-state index is 12.1. The maximum absolute atomic E-state index is 12.1. The zero-order valence-electron chi connectivity index (χ0n) is 13.3. The van der Waals surface area contributed by atoms with E-state index in [0.29, 0.717) is 23.3 Å². The summed E-state index contributed by atoms with van der Waals surface area (Å²) in [6, 6.07) is 7.31. The number of fused-ring (bicyclic) bond motifs is 2. The van der Waals surface area contributed by atoms with Crippen LogP contribution >= 0.6 is 11.3 Å². The molecule has 0 radical (unpaired) electrons. The Morgan fingerprint density at radius 2 is 2.04 bits per heavy atom. The van der Waals surface area contributed by atoms with Crippen LogP contribution in [0.5, 0.6) is 0 Å². The predicted octanol–water partition coefficient (Wildman–Crippen LogP) is 3.16. The Kier molecular flexibility index (Phi) is 3.50. The number of aryl methyl sites for hydroxylation is 2. The highest BCUT2D eigenvalue weighted by Crippen LogP contribution is 2.32. The van der Waals surface area contributed by atoms with Gasteiger partial charge in [-0.25, -0.2) is 15.0 Å². The highest BCUT2D eigenvalue weighted by Gasteiger charge is 2.12. The Labute approximate surface area is 141 Å². The van der Waals surface area contributed by atoms with E-state index in [0.717, 1.165) is 16.0 Å². The van der Waals surface area contributed by atoms with E-state index in [9.17, 15) is 4.79 Å². The molecule has 24 heavy (non-hydrogen) atoms. The van der Waals surface area contributed by atoms with Gasteiger partial charge in [-0.2, -0.15) is 0 Å². The molecular weight excluding hydrogens is 322 g/mol. The first-order valence-corrected chi connectivity index (χ1v) is 8.37. The van der Waals surface area contributed by atoms with Gasteiger partial charge in [0.2, 0.25) is 0 Å². The molecule has 0 aliphatic heterocycles. The molecule has 1 aromatic carbocycles. The maximum Gasteiger partial charge on any atom is 0.258 e. The topological polar surface area (TPSA) is 83.6 Å². The Morgan fingerprint density at radius 1 is 1.21 bits per heavy atom. The first-order chi connectivity index (χ1) is 11.6. The second kappa shape index (κ2) is 5.68. The molecular formula is C17H15N5OS. The molecule has 120 valence electrons. The molecule has 4 rings (SSSR count). The fraction of sp³-hybridized carbons (Fsp3) is 0.176. The van der Waals surface area contributed by atoms with Crippen LogP contribution in [0.15, 0.2) is 35.4 Å². The third-order valence-electron chi connectivity index (χ3n) is 4.05. The van der Waals surface area contributed by atoms with Crippen LogP contribution in [0.3, 0.4) is 0 Å². The number of rotatable bonds is 3. The quantitative estimate of drug-likeness (QED) is 0.600. The Hall–Kier alpha value is -2.80. The molecule has 2 N–H and O–H groups in total. The number of aromatic nitrogens is 4. The van der Waals surface area contributed by atoms with Crippen LogP contribution in [-0.4, -0.2) is 19.9 Å². The van der Waals surface area contributed by atoms with Gasteiger partial charge in [0.25, 0.3) is 5.56 Å². The first-order valence-electron chi connectivity index (χ1n) is 7.56. The zero-order chi connectivity index (χ0) is 16.7. The zero-order valence-corrected chi connectivity index (χ0v) is 14.1. The molecule has 4 aromatic rings. The molecule has 0 saturated heterocycles. The fourth-order valence-electron chi connectivity index (χ4n) is 2.70. The lowest BCUT2D eigenvalue weighted by Gasteiger charge is -2.07. The van der Waals surface area contributed by atoms with Crippen LogP contribution in [0.1, 0.15) is 16.3 Å². The van der Waals surface area contributed by atoms with E-state index in [4.69, 9.17) is 0 Å². The van der Waals surface area contributed by atoms with Gasteiger partial charge < -0.3 is 10.3 Å². The molecule has 0 bridgehead atoms. The summed E-state index contributed by atoms with van der Waals surface area (Å²) in [7, 11) is 0. The van der Waals surface area contributed by atoms with Crippen LogP contribution < -0.4 is 10.9 Å². The van der Waals surface area contributed by atoms with Crippen molar-refractivity contribution in [1.29, 1.82) is 0 Å². The van der Waals surface area contributed by atoms with Crippen molar-refractivity contribution in [2.75, 3.05) is 5.32 Å². The largest absolute Gasteiger partial charge is 0.362 e. The second-order valence-corrected chi connectivity index (χ2v) is 6.77. The minimum absolute atomic E-state index is 0.132. The smallest absolute Gasteiger partial charge is 0.258 e. The van der Waals surface area contributed by atoms with Gasteiger partial charge in [-0.05, 0) is 31.5 Å². The number of nitrogens with one attached hydrogen (secondary N) is 2. The van der Waals surface area contributed by atoms with Gasteiger partial charge in [-0.1, -0.05) is 12.1 Å². The summed E-state index contributed by atoms with van der Waals surface area (Å²) < 4.78 is 0. The number of anilines is 1. The number of benzene rings is 1. The summed E-state index contributed by atoms with van der Waals surface area (Å²) in [5, 5.41) is 4.90. The number of H-pyrrole nitrogens is 1. The number of nitrogens with zero attached hydrogens (tertiary/aromatic N) is 3. The highest BCUT2D eigenvalue weighted by molar-refractivity contribution is 7.18. The SMILES string of the molecule is Cc1sc2ncnc(NCc3nc4ccccc4c(=O)[nH]3)c2c1C. The second-order valence-electron chi connectivity index (χ2n) is 5.57. The van der Waals surface area contributed by atoms with Crippen LogP contribution in [0.25, 0.3) is 21.1 Å². The summed E-state index contributed by atoms with van der Waals surface area (Å²) >= 11 is 1.65. The van der Waals surface area contributed by atoms with Crippen molar-refractivity contribution in [1.82, 2.24) is 19.9 Å². The van der Waals surface area contributed by atoms with E-state index in [-0.39, 0.29) is 5.56 Å². The lowest BCUT2D eigenvalue weighted by molar-refractivity contribution is 0.946. The average Bonchev–Trinajstić information content (AvgIpc) is 2.88. The standard InChI is InChI=1S/C17H15N5OS/c1-9-10(2)24-17-14(9)15(19-8-20-17)18-7-13-21-12-6-4-3-5-11(12)16(23)22-13/h3-6,8H,7H2,1-2H3,(H,18,19,20)(H,21,22,23). The van der Waals surface area contributed by atoms with E-state index >= 15 is 0 Å². The van der Waals surface area contributed by atoms with E-state index < -0.39 is 0 Å². The van der Waals surface area contributed by atoms with E-state index in [1.165, 1.54) is 10.4 Å². The van der Waals surface area contributed by atoms with Crippen LogP contribution in [0, 0.1) is 13.8 Å². The van der Waals surface area contributed by atoms with Crippen molar-refractivity contribution in [2.24, 2.45) is 0 Å². The van der Waals surface area contributed by atoms with E-state index in [1.54, 1.807) is 23.7 Å². The van der Waals surface area contributed by atoms with Crippen LogP contribution in [0.2, 0.25) is 0 Å². The Bertz CT molecular complexity index is 1120. The van der Waals surface area contributed by atoms with Gasteiger partial charge in [0.05, 0.1) is 22.8 Å². The lowest BCUT2D eigenvalue weighted by atomic mass is 10.2. The van der Waals surface area contributed by atoms with Crippen molar-refractivity contribution < 1.29 is 0 Å². The normalized spacial score (nSPS) is 11.2. The monoisotopic (exact) mass is 337 g/mol. The van der Waals surface area contributed by atoms with E-state index in [2.05, 4.69) is 39.1 Å². The molecule has 3 aromatic heterocycles. The van der Waals surface area contributed by atoms with Gasteiger partial charge in [0, 0.05) is 4.88 Å². The van der Waals surface area contributed by atoms with Crippen LogP contribution in [-0.2, 0) is 6.54 Å². The van der Waals surface area contributed by atoms with Gasteiger partial charge in [0.15, 0.2) is 0 Å². The average molecular weight is 337 g/mol. The van der Waals surface area contributed by atoms with Gasteiger partial charge in [-0.15, -0.1) is 11.3 Å². The predicted molar refractivity (Wildman–Crippen MR) is 96.6 cm³/mol.